The molecule has 0 saturated carbocycles. The van der Waals surface area contributed by atoms with Crippen LogP contribution < -0.4 is 9.80 Å². The minimum Gasteiger partial charge on any atom is -0.355 e. The molecule has 6 aromatic rings. The first kappa shape index (κ1) is 28.4. The van der Waals surface area contributed by atoms with E-state index in [4.69, 9.17) is 9.10 Å². The summed E-state index contributed by atoms with van der Waals surface area (Å²) >= 11 is 0. The van der Waals surface area contributed by atoms with E-state index in [0.717, 1.165) is 55.6 Å². The maximum atomic E-state index is 14.8. The zero-order valence-corrected chi connectivity index (χ0v) is 29.7. The summed E-state index contributed by atoms with van der Waals surface area (Å²) in [7, 11) is -4.05. The Labute approximate surface area is 288 Å². The van der Waals surface area contributed by atoms with Gasteiger partial charge in [-0.05, 0) is 108 Å². The molecule has 0 aliphatic carbocycles. The summed E-state index contributed by atoms with van der Waals surface area (Å²) in [6, 6.07) is 26.8. The molecule has 0 radical (unpaired) electrons. The van der Waals surface area contributed by atoms with Crippen molar-refractivity contribution in [3.05, 3.63) is 113 Å². The highest BCUT2D eigenvalue weighted by Crippen LogP contribution is 2.44. The van der Waals surface area contributed by atoms with Crippen LogP contribution in [-0.2, 0) is 20.7 Å². The van der Waals surface area contributed by atoms with Gasteiger partial charge in [0.15, 0.2) is 0 Å². The zero-order chi connectivity index (χ0) is 36.8. The number of aromatic nitrogens is 2. The van der Waals surface area contributed by atoms with Gasteiger partial charge in [0, 0.05) is 33.7 Å². The molecule has 0 spiro atoms. The Morgan fingerprint density at radius 1 is 0.708 bits per heavy atom. The smallest absolute Gasteiger partial charge is 0.206 e. The highest BCUT2D eigenvalue weighted by Gasteiger charge is 2.30. The van der Waals surface area contributed by atoms with E-state index in [1.807, 2.05) is 98.8 Å². The molecule has 4 aromatic carbocycles. The average Bonchev–Trinajstić information content (AvgIpc) is 3.59. The first-order valence-electron chi connectivity index (χ1n) is 17.8. The third-order valence-electron chi connectivity index (χ3n) is 9.63. The summed E-state index contributed by atoms with van der Waals surface area (Å²) in [4.78, 5) is 8.39. The number of hydrogen-bond acceptors (Lipinski definition) is 5. The van der Waals surface area contributed by atoms with E-state index >= 15 is 0 Å². The Morgan fingerprint density at radius 2 is 1.40 bits per heavy atom. The molecule has 6 nitrogen and oxygen atoms in total. The highest BCUT2D eigenvalue weighted by molar-refractivity contribution is 7.91. The number of rotatable bonds is 4. The van der Waals surface area contributed by atoms with Crippen LogP contribution in [0.3, 0.4) is 0 Å². The van der Waals surface area contributed by atoms with Crippen molar-refractivity contribution in [3.63, 3.8) is 0 Å². The Balaban J connectivity index is 1.42. The number of anilines is 3. The molecular weight excluding hydrogens is 613 g/mol. The van der Waals surface area contributed by atoms with Crippen molar-refractivity contribution < 1.29 is 12.5 Å². The van der Waals surface area contributed by atoms with E-state index in [0.29, 0.717) is 11.4 Å². The van der Waals surface area contributed by atoms with Gasteiger partial charge in [-0.25, -0.2) is 13.4 Å². The molecule has 0 amide bonds. The van der Waals surface area contributed by atoms with Crippen LogP contribution >= 0.6 is 0 Å². The monoisotopic (exact) mass is 659 g/mol. The lowest BCUT2D eigenvalue weighted by molar-refractivity contribution is 0.583. The van der Waals surface area contributed by atoms with Gasteiger partial charge >= 0.3 is 0 Å². The number of para-hydroxylation sites is 1. The van der Waals surface area contributed by atoms with Gasteiger partial charge in [-0.2, -0.15) is 0 Å². The summed E-state index contributed by atoms with van der Waals surface area (Å²) in [5.74, 6) is 0.720. The number of benzene rings is 4. The van der Waals surface area contributed by atoms with Gasteiger partial charge in [0.05, 0.1) is 38.9 Å². The quantitative estimate of drug-likeness (QED) is 0.189. The van der Waals surface area contributed by atoms with Crippen LogP contribution in [0.15, 0.2) is 101 Å². The van der Waals surface area contributed by atoms with Gasteiger partial charge < -0.3 is 9.80 Å². The van der Waals surface area contributed by atoms with E-state index in [2.05, 4.69) is 32.9 Å². The zero-order valence-electron chi connectivity index (χ0n) is 31.9. The van der Waals surface area contributed by atoms with Gasteiger partial charge in [-0.15, -0.1) is 0 Å². The van der Waals surface area contributed by atoms with E-state index < -0.39 is 22.2 Å². The van der Waals surface area contributed by atoms with Gasteiger partial charge in [0.1, 0.15) is 5.82 Å². The first-order chi connectivity index (χ1) is 23.7. The second kappa shape index (κ2) is 11.0. The molecular formula is C41H44N4O2S. The molecule has 3 heterocycles. The maximum Gasteiger partial charge on any atom is 0.206 e. The molecule has 0 saturated heterocycles. The van der Waals surface area contributed by atoms with Crippen LogP contribution in [0.1, 0.15) is 67.9 Å². The molecule has 0 bridgehead atoms. The van der Waals surface area contributed by atoms with Gasteiger partial charge in [-0.3, -0.25) is 4.57 Å². The standard InChI is InChI=1S/C41H44N4O2S/c1-26-18-37-38(19-27(26)2)44(25-43(37)9)30-20-29(41(6,7)8)21-32(23-30)48(46,47)31-14-15-34-33-12-10-11-13-35(33)45(36(34)24-31)39-22-28(16-17-42-39)40(3,4)5/h10-24H,25H2,1-9H3/i9D3. The van der Waals surface area contributed by atoms with Gasteiger partial charge in [0.25, 0.3) is 0 Å². The lowest BCUT2D eigenvalue weighted by Gasteiger charge is -2.26. The second-order valence-corrected chi connectivity index (χ2v) is 17.0. The summed E-state index contributed by atoms with van der Waals surface area (Å²) < 4.78 is 56.5. The molecule has 0 fully saturated rings. The van der Waals surface area contributed by atoms with Crippen molar-refractivity contribution in [3.8, 4) is 5.82 Å². The van der Waals surface area contributed by atoms with Crippen molar-refractivity contribution in [2.45, 2.75) is 76.0 Å². The molecule has 48 heavy (non-hydrogen) atoms. The van der Waals surface area contributed by atoms with Crippen molar-refractivity contribution in [2.75, 3.05) is 23.4 Å². The third kappa shape index (κ3) is 5.25. The maximum absolute atomic E-state index is 14.8. The predicted molar refractivity (Wildman–Crippen MR) is 199 cm³/mol. The number of aryl methyl sites for hydroxylation is 2. The van der Waals surface area contributed by atoms with Gasteiger partial charge in [0.2, 0.25) is 9.84 Å². The number of pyridine rings is 1. The molecule has 1 aliphatic heterocycles. The lowest BCUT2D eigenvalue weighted by atomic mass is 9.87. The van der Waals surface area contributed by atoms with E-state index in [1.54, 1.807) is 24.3 Å². The molecule has 246 valence electrons. The lowest BCUT2D eigenvalue weighted by Crippen LogP contribution is -2.25. The van der Waals surface area contributed by atoms with Crippen molar-refractivity contribution in [1.29, 1.82) is 0 Å². The molecule has 1 aliphatic rings. The van der Waals surface area contributed by atoms with E-state index in [-0.39, 0.29) is 21.9 Å². The SMILES string of the molecule is [2H]C([2H])([2H])N1CN(c2cc(C(C)(C)C)cc(S(=O)(=O)c3ccc4c5ccccc5n(-c5cc(C(C)(C)C)ccn5)c4c3)c2)c2cc(C)c(C)cc21. The first-order valence-corrected chi connectivity index (χ1v) is 17.8. The number of sulfone groups is 1. The molecule has 0 atom stereocenters. The molecule has 7 heteroatoms. The van der Waals surface area contributed by atoms with Gasteiger partial charge in [-0.1, -0.05) is 65.8 Å². The van der Waals surface area contributed by atoms with Crippen LogP contribution in [0, 0.1) is 13.8 Å². The fourth-order valence-electron chi connectivity index (χ4n) is 6.57. The molecule has 7 rings (SSSR count). The molecule has 0 N–H and O–H groups in total. The largest absolute Gasteiger partial charge is 0.355 e. The highest BCUT2D eigenvalue weighted by atomic mass is 32.2. The summed E-state index contributed by atoms with van der Waals surface area (Å²) in [5, 5.41) is 1.94. The third-order valence-corrected chi connectivity index (χ3v) is 11.4. The number of hydrogen-bond donors (Lipinski definition) is 0. The Hall–Kier alpha value is -4.62. The number of fused-ring (bicyclic) bond motifs is 4. The Bertz CT molecular complexity index is 2470. The average molecular weight is 660 g/mol. The van der Waals surface area contributed by atoms with Crippen LogP contribution in [-0.4, -0.2) is 31.6 Å². The summed E-state index contributed by atoms with van der Waals surface area (Å²) in [5.41, 5.74) is 7.12. The summed E-state index contributed by atoms with van der Waals surface area (Å²) in [6.45, 7) is 14.3. The summed E-state index contributed by atoms with van der Waals surface area (Å²) in [6.07, 6.45) is 1.81. The number of nitrogens with zero attached hydrogens (tertiary/aromatic N) is 4. The fourth-order valence-corrected chi connectivity index (χ4v) is 7.91. The Kier molecular flexibility index (Phi) is 6.48. The molecule has 0 unspecified atom stereocenters. The van der Waals surface area contributed by atoms with Crippen molar-refractivity contribution in [2.24, 2.45) is 0 Å². The fraction of sp³-hybridized carbons (Fsp3) is 0.293. The minimum absolute atomic E-state index is 0.0640. The molecule has 2 aromatic heterocycles. The van der Waals surface area contributed by atoms with Crippen LogP contribution in [0.2, 0.25) is 0 Å². The van der Waals surface area contributed by atoms with Crippen LogP contribution in [0.4, 0.5) is 17.1 Å². The second-order valence-electron chi connectivity index (χ2n) is 15.1. The van der Waals surface area contributed by atoms with Crippen molar-refractivity contribution in [1.82, 2.24) is 9.55 Å². The normalized spacial score (nSPS) is 15.1. The minimum atomic E-state index is -4.05. The Morgan fingerprint density at radius 3 is 2.10 bits per heavy atom. The van der Waals surface area contributed by atoms with Crippen LogP contribution in [0.25, 0.3) is 27.6 Å². The topological polar surface area (TPSA) is 58.4 Å². The van der Waals surface area contributed by atoms with Crippen LogP contribution in [0.5, 0.6) is 0 Å². The van der Waals surface area contributed by atoms with E-state index in [9.17, 15) is 8.42 Å². The van der Waals surface area contributed by atoms with Crippen molar-refractivity contribution >= 4 is 48.7 Å². The van der Waals surface area contributed by atoms with E-state index in [1.165, 1.54) is 4.90 Å². The predicted octanol–water partition coefficient (Wildman–Crippen LogP) is 9.77.